The van der Waals surface area contributed by atoms with Gasteiger partial charge in [-0.1, -0.05) is 69.7 Å². The Kier molecular flexibility index (Phi) is 6.05. The Balaban J connectivity index is 2.31. The van der Waals surface area contributed by atoms with Crippen LogP contribution in [0.1, 0.15) is 81.5 Å². The monoisotopic (exact) mass is 352 g/mol. The smallest absolute Gasteiger partial charge is 0.172 e. The molecule has 0 radical (unpaired) electrons. The van der Waals surface area contributed by atoms with Crippen LogP contribution in [-0.4, -0.2) is 11.6 Å². The zero-order chi connectivity index (χ0) is 19.5. The van der Waals surface area contributed by atoms with E-state index >= 15 is 0 Å². The number of benzene rings is 1. The SMILES string of the molecule is C/C=C(\C=C/C(C)(C)C(=O)c1ccccc1C(=O)C1CCC1)C(C)(C)C. The van der Waals surface area contributed by atoms with Gasteiger partial charge in [-0.2, -0.15) is 0 Å². The maximum Gasteiger partial charge on any atom is 0.172 e. The van der Waals surface area contributed by atoms with E-state index in [0.717, 1.165) is 19.3 Å². The number of rotatable bonds is 6. The van der Waals surface area contributed by atoms with Crippen LogP contribution in [0, 0.1) is 16.7 Å². The number of allylic oxidation sites excluding steroid dienone is 4. The minimum Gasteiger partial charge on any atom is -0.294 e. The Bertz CT molecular complexity index is 738. The molecule has 1 aliphatic rings. The van der Waals surface area contributed by atoms with Gasteiger partial charge in [0.05, 0.1) is 0 Å². The summed E-state index contributed by atoms with van der Waals surface area (Å²) in [4.78, 5) is 26.0. The molecule has 1 aromatic carbocycles. The molecule has 1 saturated carbocycles. The average Bonchev–Trinajstić information content (AvgIpc) is 2.51. The van der Waals surface area contributed by atoms with Crippen LogP contribution >= 0.6 is 0 Å². The van der Waals surface area contributed by atoms with E-state index in [2.05, 4.69) is 26.8 Å². The van der Waals surface area contributed by atoms with E-state index in [0.29, 0.717) is 11.1 Å². The highest BCUT2D eigenvalue weighted by molar-refractivity contribution is 6.11. The Morgan fingerprint density at radius 1 is 1.00 bits per heavy atom. The second-order valence-electron chi connectivity index (χ2n) is 8.92. The number of hydrogen-bond donors (Lipinski definition) is 0. The normalized spacial score (nSPS) is 16.6. The van der Waals surface area contributed by atoms with Crippen molar-refractivity contribution in [1.29, 1.82) is 0 Å². The Labute approximate surface area is 158 Å². The highest BCUT2D eigenvalue weighted by Gasteiger charge is 2.33. The summed E-state index contributed by atoms with van der Waals surface area (Å²) in [6.07, 6.45) is 9.11. The van der Waals surface area contributed by atoms with Gasteiger partial charge < -0.3 is 0 Å². The summed E-state index contributed by atoms with van der Waals surface area (Å²) in [5.74, 6) is 0.225. The molecule has 0 atom stereocenters. The van der Waals surface area contributed by atoms with Crippen molar-refractivity contribution in [1.82, 2.24) is 0 Å². The van der Waals surface area contributed by atoms with Crippen LogP contribution in [0.3, 0.4) is 0 Å². The van der Waals surface area contributed by atoms with E-state index in [-0.39, 0.29) is 22.9 Å². The van der Waals surface area contributed by atoms with Crippen molar-refractivity contribution in [2.24, 2.45) is 16.7 Å². The quantitative estimate of drug-likeness (QED) is 0.437. The summed E-state index contributed by atoms with van der Waals surface area (Å²) < 4.78 is 0. The molecule has 0 aromatic heterocycles. The number of ketones is 2. The number of carbonyl (C=O) groups is 2. The molecule has 1 aromatic rings. The van der Waals surface area contributed by atoms with Gasteiger partial charge in [0, 0.05) is 22.5 Å². The predicted octanol–water partition coefficient (Wildman–Crippen LogP) is 6.43. The molecule has 0 spiro atoms. The molecule has 0 aliphatic heterocycles. The molecular formula is C24H32O2. The van der Waals surface area contributed by atoms with Crippen LogP contribution in [-0.2, 0) is 0 Å². The Morgan fingerprint density at radius 3 is 2.04 bits per heavy atom. The molecular weight excluding hydrogens is 320 g/mol. The van der Waals surface area contributed by atoms with Gasteiger partial charge in [0.2, 0.25) is 0 Å². The molecule has 2 heteroatoms. The first-order chi connectivity index (χ1) is 12.1. The van der Waals surface area contributed by atoms with Crippen LogP contribution in [0.15, 0.2) is 48.1 Å². The lowest BCUT2D eigenvalue weighted by atomic mass is 9.76. The lowest BCUT2D eigenvalue weighted by Gasteiger charge is -2.26. The summed E-state index contributed by atoms with van der Waals surface area (Å²) >= 11 is 0. The summed E-state index contributed by atoms with van der Waals surface area (Å²) in [6.45, 7) is 12.3. The van der Waals surface area contributed by atoms with Crippen molar-refractivity contribution in [2.45, 2.75) is 60.8 Å². The molecule has 26 heavy (non-hydrogen) atoms. The van der Waals surface area contributed by atoms with Gasteiger partial charge in [-0.15, -0.1) is 0 Å². The topological polar surface area (TPSA) is 34.1 Å². The van der Waals surface area contributed by atoms with Gasteiger partial charge in [0.25, 0.3) is 0 Å². The van der Waals surface area contributed by atoms with E-state index in [9.17, 15) is 9.59 Å². The molecule has 0 amide bonds. The first kappa shape index (κ1) is 20.4. The van der Waals surface area contributed by atoms with Gasteiger partial charge in [-0.25, -0.2) is 0 Å². The minimum atomic E-state index is -0.671. The largest absolute Gasteiger partial charge is 0.294 e. The third-order valence-corrected chi connectivity index (χ3v) is 5.35. The van der Waals surface area contributed by atoms with Crippen molar-refractivity contribution in [3.63, 3.8) is 0 Å². The molecule has 0 bridgehead atoms. The van der Waals surface area contributed by atoms with Crippen LogP contribution in [0.2, 0.25) is 0 Å². The maximum atomic E-state index is 13.2. The fourth-order valence-electron chi connectivity index (χ4n) is 3.29. The third kappa shape index (κ3) is 4.41. The summed E-state index contributed by atoms with van der Waals surface area (Å²) in [5.41, 5.74) is 1.69. The van der Waals surface area contributed by atoms with Crippen molar-refractivity contribution >= 4 is 11.6 Å². The molecule has 0 unspecified atom stereocenters. The van der Waals surface area contributed by atoms with Crippen LogP contribution in [0.25, 0.3) is 0 Å². The first-order valence-electron chi connectivity index (χ1n) is 9.62. The second kappa shape index (κ2) is 7.73. The molecule has 1 aliphatic carbocycles. The van der Waals surface area contributed by atoms with Gasteiger partial charge in [-0.3, -0.25) is 9.59 Å². The number of Topliss-reactive ketones (excluding diaryl/α,β-unsaturated/α-hetero) is 2. The lowest BCUT2D eigenvalue weighted by molar-refractivity contribution is 0.0832. The van der Waals surface area contributed by atoms with Gasteiger partial charge in [0.15, 0.2) is 11.6 Å². The van der Waals surface area contributed by atoms with Gasteiger partial charge in [0.1, 0.15) is 0 Å². The standard InChI is InChI=1S/C24H32O2/c1-7-18(23(2,3)4)15-16-24(5,6)22(26)20-14-9-8-13-19(20)21(25)17-11-10-12-17/h7-9,13-17H,10-12H2,1-6H3/b16-15-,18-7+. The van der Waals surface area contributed by atoms with E-state index in [1.165, 1.54) is 5.57 Å². The maximum absolute atomic E-state index is 13.2. The van der Waals surface area contributed by atoms with Gasteiger partial charge in [-0.05, 0) is 44.6 Å². The van der Waals surface area contributed by atoms with E-state index < -0.39 is 5.41 Å². The van der Waals surface area contributed by atoms with E-state index in [1.54, 1.807) is 12.1 Å². The van der Waals surface area contributed by atoms with Crippen molar-refractivity contribution in [2.75, 3.05) is 0 Å². The Hall–Kier alpha value is -1.96. The highest BCUT2D eigenvalue weighted by atomic mass is 16.1. The minimum absolute atomic E-state index is 0.00128. The van der Waals surface area contributed by atoms with Crippen molar-refractivity contribution in [3.05, 3.63) is 59.2 Å². The second-order valence-corrected chi connectivity index (χ2v) is 8.92. The van der Waals surface area contributed by atoms with Crippen LogP contribution in [0.5, 0.6) is 0 Å². The summed E-state index contributed by atoms with van der Waals surface area (Å²) in [5, 5.41) is 0. The molecule has 1 fully saturated rings. The number of carbonyl (C=O) groups excluding carboxylic acids is 2. The molecule has 2 rings (SSSR count). The van der Waals surface area contributed by atoms with Gasteiger partial charge >= 0.3 is 0 Å². The fraction of sp³-hybridized carbons (Fsp3) is 0.500. The lowest BCUT2D eigenvalue weighted by Crippen LogP contribution is -2.28. The zero-order valence-corrected chi connectivity index (χ0v) is 17.1. The summed E-state index contributed by atoms with van der Waals surface area (Å²) in [6, 6.07) is 7.30. The zero-order valence-electron chi connectivity index (χ0n) is 17.1. The Morgan fingerprint density at radius 2 is 1.58 bits per heavy atom. The molecule has 140 valence electrons. The van der Waals surface area contributed by atoms with E-state index in [1.807, 2.05) is 45.1 Å². The predicted molar refractivity (Wildman–Crippen MR) is 109 cm³/mol. The van der Waals surface area contributed by atoms with Crippen molar-refractivity contribution in [3.8, 4) is 0 Å². The molecule has 0 saturated heterocycles. The highest BCUT2D eigenvalue weighted by Crippen LogP contribution is 2.34. The molecule has 2 nitrogen and oxygen atoms in total. The number of hydrogen-bond acceptors (Lipinski definition) is 2. The first-order valence-corrected chi connectivity index (χ1v) is 9.62. The molecule has 0 N–H and O–H groups in total. The fourth-order valence-corrected chi connectivity index (χ4v) is 3.29. The third-order valence-electron chi connectivity index (χ3n) is 5.35. The van der Waals surface area contributed by atoms with E-state index in [4.69, 9.17) is 0 Å². The van der Waals surface area contributed by atoms with Crippen LogP contribution in [0.4, 0.5) is 0 Å². The summed E-state index contributed by atoms with van der Waals surface area (Å²) in [7, 11) is 0. The average molecular weight is 353 g/mol. The molecule has 0 heterocycles. The van der Waals surface area contributed by atoms with Crippen molar-refractivity contribution < 1.29 is 9.59 Å². The van der Waals surface area contributed by atoms with Crippen LogP contribution < -0.4 is 0 Å².